The summed E-state index contributed by atoms with van der Waals surface area (Å²) in [6.07, 6.45) is 1.75. The molecular weight excluding hydrogens is 312 g/mol. The van der Waals surface area contributed by atoms with Crippen molar-refractivity contribution in [3.05, 3.63) is 74.5 Å². The van der Waals surface area contributed by atoms with E-state index in [0.29, 0.717) is 9.49 Å². The van der Waals surface area contributed by atoms with Crippen LogP contribution in [0.3, 0.4) is 0 Å². The Hall–Kier alpha value is -2.99. The maximum absolute atomic E-state index is 12.6. The van der Waals surface area contributed by atoms with Crippen LogP contribution in [-0.4, -0.2) is 20.5 Å². The molecule has 0 unspecified atom stereocenters. The second-order valence-corrected chi connectivity index (χ2v) is 6.07. The highest BCUT2D eigenvalue weighted by Gasteiger charge is 2.10. The molecule has 23 heavy (non-hydrogen) atoms. The predicted octanol–water partition coefficient (Wildman–Crippen LogP) is 2.16. The first-order valence-corrected chi connectivity index (χ1v) is 7.70. The van der Waals surface area contributed by atoms with Crippen LogP contribution in [0.25, 0.3) is 22.1 Å². The number of fused-ring (bicyclic) bond motifs is 3. The number of benzene rings is 2. The van der Waals surface area contributed by atoms with Crippen molar-refractivity contribution in [1.29, 1.82) is 0 Å². The number of thiazole rings is 1. The zero-order valence-electron chi connectivity index (χ0n) is 11.8. The topological polar surface area (TPSA) is 71.7 Å². The number of rotatable bonds is 2. The van der Waals surface area contributed by atoms with Crippen LogP contribution in [0.5, 0.6) is 0 Å². The van der Waals surface area contributed by atoms with Gasteiger partial charge >= 0.3 is 5.97 Å². The lowest BCUT2D eigenvalue weighted by molar-refractivity contribution is 0.0697. The summed E-state index contributed by atoms with van der Waals surface area (Å²) in [6.45, 7) is 0. The van der Waals surface area contributed by atoms with Gasteiger partial charge in [-0.1, -0.05) is 35.6 Å². The van der Waals surface area contributed by atoms with Crippen molar-refractivity contribution in [3.8, 4) is 0 Å². The van der Waals surface area contributed by atoms with E-state index in [4.69, 9.17) is 5.11 Å². The van der Waals surface area contributed by atoms with Gasteiger partial charge in [-0.05, 0) is 35.9 Å². The first-order chi connectivity index (χ1) is 11.1. The maximum atomic E-state index is 12.6. The molecule has 0 fully saturated rings. The van der Waals surface area contributed by atoms with E-state index in [1.54, 1.807) is 22.6 Å². The van der Waals surface area contributed by atoms with Gasteiger partial charge in [0, 0.05) is 0 Å². The van der Waals surface area contributed by atoms with Crippen molar-refractivity contribution in [2.75, 3.05) is 0 Å². The van der Waals surface area contributed by atoms with Crippen LogP contribution >= 0.6 is 11.3 Å². The zero-order chi connectivity index (χ0) is 16.0. The zero-order valence-corrected chi connectivity index (χ0v) is 12.6. The van der Waals surface area contributed by atoms with Gasteiger partial charge in [0.25, 0.3) is 5.56 Å². The molecular formula is C17H10N2O3S. The molecule has 0 saturated carbocycles. The highest BCUT2D eigenvalue weighted by Crippen LogP contribution is 2.15. The van der Waals surface area contributed by atoms with Crippen molar-refractivity contribution in [1.82, 2.24) is 9.38 Å². The fourth-order valence-corrected chi connectivity index (χ4v) is 3.47. The van der Waals surface area contributed by atoms with Crippen LogP contribution in [0.2, 0.25) is 0 Å². The molecule has 0 radical (unpaired) electrons. The quantitative estimate of drug-likeness (QED) is 0.614. The number of hydrogen-bond donors (Lipinski definition) is 1. The molecule has 112 valence electrons. The van der Waals surface area contributed by atoms with Crippen LogP contribution in [0.15, 0.2) is 53.3 Å². The number of para-hydroxylation sites is 2. The number of carboxylic acid groups (broad SMARTS) is 1. The van der Waals surface area contributed by atoms with Gasteiger partial charge < -0.3 is 5.11 Å². The molecule has 1 N–H and O–H groups in total. The average Bonchev–Trinajstić information content (AvgIpc) is 3.05. The average molecular weight is 322 g/mol. The van der Waals surface area contributed by atoms with Crippen molar-refractivity contribution < 1.29 is 9.90 Å². The summed E-state index contributed by atoms with van der Waals surface area (Å²) in [6, 6.07) is 13.9. The van der Waals surface area contributed by atoms with E-state index in [1.165, 1.54) is 23.5 Å². The first-order valence-electron chi connectivity index (χ1n) is 6.88. The number of carboxylic acids is 1. The van der Waals surface area contributed by atoms with Crippen LogP contribution in [0.1, 0.15) is 15.9 Å². The second-order valence-electron chi connectivity index (χ2n) is 5.06. The second kappa shape index (κ2) is 5.03. The smallest absolute Gasteiger partial charge is 0.335 e. The molecule has 0 aliphatic heterocycles. The monoisotopic (exact) mass is 322 g/mol. The van der Waals surface area contributed by atoms with E-state index in [0.717, 1.165) is 16.6 Å². The summed E-state index contributed by atoms with van der Waals surface area (Å²) < 4.78 is 2.18. The molecule has 5 nitrogen and oxygen atoms in total. The lowest BCUT2D eigenvalue weighted by Gasteiger charge is -1.94. The highest BCUT2D eigenvalue weighted by molar-refractivity contribution is 7.15. The highest BCUT2D eigenvalue weighted by atomic mass is 32.1. The molecule has 0 atom stereocenters. The summed E-state index contributed by atoms with van der Waals surface area (Å²) in [4.78, 5) is 28.6. The molecule has 2 heterocycles. The fourth-order valence-electron chi connectivity index (χ4n) is 2.49. The summed E-state index contributed by atoms with van der Waals surface area (Å²) >= 11 is 1.32. The molecule has 2 aromatic heterocycles. The Morgan fingerprint density at radius 3 is 2.61 bits per heavy atom. The third-order valence-corrected chi connectivity index (χ3v) is 4.57. The van der Waals surface area contributed by atoms with Gasteiger partial charge in [-0.15, -0.1) is 0 Å². The molecule has 4 aromatic rings. The maximum Gasteiger partial charge on any atom is 0.335 e. The minimum absolute atomic E-state index is 0.110. The summed E-state index contributed by atoms with van der Waals surface area (Å²) in [5, 5.41) is 8.91. The molecule has 0 spiro atoms. The lowest BCUT2D eigenvalue weighted by Crippen LogP contribution is -2.22. The lowest BCUT2D eigenvalue weighted by atomic mass is 10.1. The van der Waals surface area contributed by atoms with Gasteiger partial charge in [0.15, 0.2) is 4.96 Å². The minimum Gasteiger partial charge on any atom is -0.478 e. The van der Waals surface area contributed by atoms with Crippen LogP contribution in [0.4, 0.5) is 0 Å². The Kier molecular flexibility index (Phi) is 2.99. The number of carbonyl (C=O) groups is 1. The molecule has 0 bridgehead atoms. The Labute approximate surface area is 133 Å². The molecule has 0 amide bonds. The van der Waals surface area contributed by atoms with Crippen LogP contribution in [0, 0.1) is 0 Å². The van der Waals surface area contributed by atoms with Gasteiger partial charge in [0.2, 0.25) is 0 Å². The van der Waals surface area contributed by atoms with Gasteiger partial charge in [0.05, 0.1) is 21.1 Å². The van der Waals surface area contributed by atoms with E-state index in [1.807, 2.05) is 24.3 Å². The van der Waals surface area contributed by atoms with E-state index in [-0.39, 0.29) is 11.1 Å². The van der Waals surface area contributed by atoms with Crippen molar-refractivity contribution in [2.45, 2.75) is 0 Å². The normalized spacial score (nSPS) is 12.3. The fraction of sp³-hybridized carbons (Fsp3) is 0. The van der Waals surface area contributed by atoms with Crippen LogP contribution < -0.4 is 10.1 Å². The van der Waals surface area contributed by atoms with E-state index < -0.39 is 5.97 Å². The number of aromatic carboxylic acids is 1. The van der Waals surface area contributed by atoms with Gasteiger partial charge in [-0.3, -0.25) is 4.79 Å². The van der Waals surface area contributed by atoms with Gasteiger partial charge in [-0.25, -0.2) is 14.2 Å². The third-order valence-electron chi connectivity index (χ3n) is 3.60. The Bertz CT molecular complexity index is 1160. The minimum atomic E-state index is -0.970. The Morgan fingerprint density at radius 2 is 1.87 bits per heavy atom. The third kappa shape index (κ3) is 2.20. The van der Waals surface area contributed by atoms with Crippen molar-refractivity contribution in [2.24, 2.45) is 0 Å². The van der Waals surface area contributed by atoms with Gasteiger partial charge in [-0.2, -0.15) is 0 Å². The molecule has 4 rings (SSSR count). The molecule has 0 aliphatic rings. The van der Waals surface area contributed by atoms with E-state index in [9.17, 15) is 9.59 Å². The van der Waals surface area contributed by atoms with Crippen LogP contribution in [-0.2, 0) is 0 Å². The molecule has 6 heteroatoms. The summed E-state index contributed by atoms with van der Waals surface area (Å²) in [7, 11) is 0. The summed E-state index contributed by atoms with van der Waals surface area (Å²) in [5.41, 5.74) is 2.48. The number of hydrogen-bond acceptors (Lipinski definition) is 4. The standard InChI is InChI=1S/C17H10N2O3S/c20-15-14(9-10-5-7-11(8-6-10)16(21)22)23-17-18-12-3-1-2-4-13(12)19(15)17/h1-9H,(H,21,22)/b14-9-. The van der Waals surface area contributed by atoms with E-state index >= 15 is 0 Å². The Morgan fingerprint density at radius 1 is 1.13 bits per heavy atom. The van der Waals surface area contributed by atoms with Crippen molar-refractivity contribution >= 4 is 39.4 Å². The SMILES string of the molecule is O=C(O)c1ccc(/C=c2\sc3nc4ccccc4n3c2=O)cc1. The molecule has 0 aliphatic carbocycles. The van der Waals surface area contributed by atoms with Crippen molar-refractivity contribution in [3.63, 3.8) is 0 Å². The van der Waals surface area contributed by atoms with E-state index in [2.05, 4.69) is 4.98 Å². The molecule has 0 saturated heterocycles. The molecule has 2 aromatic carbocycles. The Balaban J connectivity index is 1.90. The largest absolute Gasteiger partial charge is 0.478 e. The first kappa shape index (κ1) is 13.7. The van der Waals surface area contributed by atoms with Gasteiger partial charge in [0.1, 0.15) is 0 Å². The predicted molar refractivity (Wildman–Crippen MR) is 89.0 cm³/mol. The number of aromatic nitrogens is 2. The number of nitrogens with zero attached hydrogens (tertiary/aromatic N) is 2. The summed E-state index contributed by atoms with van der Waals surface area (Å²) in [5.74, 6) is -0.970. The number of imidazole rings is 1.